The maximum absolute atomic E-state index is 12.1. The number of hydrogen-bond donors (Lipinski definition) is 1. The van der Waals surface area contributed by atoms with Crippen LogP contribution >= 0.6 is 11.6 Å². The second-order valence-corrected chi connectivity index (χ2v) is 6.30. The van der Waals surface area contributed by atoms with Crippen molar-refractivity contribution in [2.75, 3.05) is 25.6 Å². The van der Waals surface area contributed by atoms with Crippen molar-refractivity contribution in [2.24, 2.45) is 11.3 Å². The van der Waals surface area contributed by atoms with Gasteiger partial charge in [-0.2, -0.15) is 0 Å². The lowest BCUT2D eigenvalue weighted by Crippen LogP contribution is -2.52. The maximum Gasteiger partial charge on any atom is 0.224 e. The Morgan fingerprint density at radius 2 is 2.25 bits per heavy atom. The van der Waals surface area contributed by atoms with E-state index in [-0.39, 0.29) is 5.91 Å². The SMILES string of the molecule is COc1ccc(Cl)cc1NC(=O)CC1CC2(COC2)C1. The number of hydrogen-bond acceptors (Lipinski definition) is 3. The van der Waals surface area contributed by atoms with Crippen LogP contribution in [-0.4, -0.2) is 26.2 Å². The minimum Gasteiger partial charge on any atom is -0.495 e. The monoisotopic (exact) mass is 295 g/mol. The van der Waals surface area contributed by atoms with Gasteiger partial charge in [0.2, 0.25) is 5.91 Å². The van der Waals surface area contributed by atoms with E-state index in [4.69, 9.17) is 21.1 Å². The van der Waals surface area contributed by atoms with Crippen LogP contribution in [0.3, 0.4) is 0 Å². The molecule has 1 aliphatic heterocycles. The summed E-state index contributed by atoms with van der Waals surface area (Å²) in [7, 11) is 1.57. The molecule has 0 bridgehead atoms. The lowest BCUT2D eigenvalue weighted by atomic mass is 9.60. The predicted octanol–water partition coefficient (Wildman–Crippen LogP) is 3.10. The highest BCUT2D eigenvalue weighted by Crippen LogP contribution is 2.51. The van der Waals surface area contributed by atoms with Crippen molar-refractivity contribution in [3.8, 4) is 5.75 Å². The lowest BCUT2D eigenvalue weighted by molar-refractivity contribution is -0.180. The molecule has 3 rings (SSSR count). The molecule has 1 amide bonds. The predicted molar refractivity (Wildman–Crippen MR) is 77.2 cm³/mol. The molecular weight excluding hydrogens is 278 g/mol. The van der Waals surface area contributed by atoms with Crippen molar-refractivity contribution in [3.05, 3.63) is 23.2 Å². The summed E-state index contributed by atoms with van der Waals surface area (Å²) in [5.74, 6) is 1.12. The first kappa shape index (κ1) is 13.7. The van der Waals surface area contributed by atoms with Crippen LogP contribution in [0.15, 0.2) is 18.2 Å². The van der Waals surface area contributed by atoms with E-state index in [9.17, 15) is 4.79 Å². The molecular formula is C15H18ClNO3. The Kier molecular flexibility index (Phi) is 3.61. The van der Waals surface area contributed by atoms with E-state index in [0.717, 1.165) is 26.1 Å². The fraction of sp³-hybridized carbons (Fsp3) is 0.533. The fourth-order valence-corrected chi connectivity index (χ4v) is 3.35. The summed E-state index contributed by atoms with van der Waals surface area (Å²) in [6, 6.07) is 5.20. The largest absolute Gasteiger partial charge is 0.495 e. The molecule has 1 aromatic rings. The molecule has 0 aromatic heterocycles. The average Bonchev–Trinajstić information content (AvgIpc) is 2.31. The van der Waals surface area contributed by atoms with E-state index in [0.29, 0.717) is 34.2 Å². The van der Waals surface area contributed by atoms with Crippen LogP contribution in [0.25, 0.3) is 0 Å². The summed E-state index contributed by atoms with van der Waals surface area (Å²) in [5.41, 5.74) is 1.03. The van der Waals surface area contributed by atoms with Gasteiger partial charge in [0.05, 0.1) is 26.0 Å². The number of carbonyl (C=O) groups excluding carboxylic acids is 1. The summed E-state index contributed by atoms with van der Waals surface area (Å²) < 4.78 is 10.5. The molecule has 1 saturated carbocycles. The number of ether oxygens (including phenoxy) is 2. The molecule has 20 heavy (non-hydrogen) atoms. The second-order valence-electron chi connectivity index (χ2n) is 5.86. The standard InChI is InChI=1S/C15H18ClNO3/c1-19-13-3-2-11(16)5-12(13)17-14(18)4-10-6-15(7-10)8-20-9-15/h2-3,5,10H,4,6-9H2,1H3,(H,17,18). The van der Waals surface area contributed by atoms with Crippen molar-refractivity contribution in [3.63, 3.8) is 0 Å². The van der Waals surface area contributed by atoms with E-state index < -0.39 is 0 Å². The summed E-state index contributed by atoms with van der Waals surface area (Å²) in [6.45, 7) is 1.74. The molecule has 4 nitrogen and oxygen atoms in total. The van der Waals surface area contributed by atoms with Gasteiger partial charge in [-0.1, -0.05) is 11.6 Å². The van der Waals surface area contributed by atoms with Crippen LogP contribution in [-0.2, 0) is 9.53 Å². The smallest absolute Gasteiger partial charge is 0.224 e. The van der Waals surface area contributed by atoms with Gasteiger partial charge >= 0.3 is 0 Å². The van der Waals surface area contributed by atoms with Gasteiger partial charge in [-0.05, 0) is 37.0 Å². The molecule has 1 aromatic carbocycles. The van der Waals surface area contributed by atoms with Crippen molar-refractivity contribution in [1.29, 1.82) is 0 Å². The minimum atomic E-state index is 0.0191. The number of nitrogens with one attached hydrogen (secondary N) is 1. The van der Waals surface area contributed by atoms with Crippen LogP contribution in [0.1, 0.15) is 19.3 Å². The average molecular weight is 296 g/mol. The highest BCUT2D eigenvalue weighted by Gasteiger charge is 2.49. The molecule has 1 aliphatic carbocycles. The van der Waals surface area contributed by atoms with Crippen LogP contribution in [0, 0.1) is 11.3 Å². The Bertz CT molecular complexity index is 520. The van der Waals surface area contributed by atoms with Gasteiger partial charge in [-0.25, -0.2) is 0 Å². The molecule has 0 unspecified atom stereocenters. The van der Waals surface area contributed by atoms with Crippen LogP contribution < -0.4 is 10.1 Å². The third-order valence-electron chi connectivity index (χ3n) is 4.17. The fourth-order valence-electron chi connectivity index (χ4n) is 3.18. The molecule has 1 heterocycles. The van der Waals surface area contributed by atoms with Crippen molar-refractivity contribution in [1.82, 2.24) is 0 Å². The molecule has 1 spiro atoms. The maximum atomic E-state index is 12.1. The van der Waals surface area contributed by atoms with E-state index in [1.807, 2.05) is 0 Å². The first-order valence-corrected chi connectivity index (χ1v) is 7.19. The van der Waals surface area contributed by atoms with E-state index in [2.05, 4.69) is 5.32 Å². The number of carbonyl (C=O) groups is 1. The van der Waals surface area contributed by atoms with Crippen LogP contribution in [0.4, 0.5) is 5.69 Å². The van der Waals surface area contributed by atoms with Crippen molar-refractivity contribution in [2.45, 2.75) is 19.3 Å². The third-order valence-corrected chi connectivity index (χ3v) is 4.40. The lowest BCUT2D eigenvalue weighted by Gasteiger charge is -2.53. The second kappa shape index (κ2) is 5.26. The summed E-state index contributed by atoms with van der Waals surface area (Å²) >= 11 is 5.94. The van der Waals surface area contributed by atoms with Gasteiger partial charge in [-0.3, -0.25) is 4.79 Å². The number of anilines is 1. The Balaban J connectivity index is 1.55. The molecule has 2 fully saturated rings. The summed E-state index contributed by atoms with van der Waals surface area (Å²) in [6.07, 6.45) is 2.76. The molecule has 1 saturated heterocycles. The number of benzene rings is 1. The van der Waals surface area contributed by atoms with Gasteiger partial charge in [-0.15, -0.1) is 0 Å². The summed E-state index contributed by atoms with van der Waals surface area (Å²) in [4.78, 5) is 12.1. The Morgan fingerprint density at radius 3 is 2.85 bits per heavy atom. The quantitative estimate of drug-likeness (QED) is 0.928. The van der Waals surface area contributed by atoms with Gasteiger partial charge < -0.3 is 14.8 Å². The number of halogens is 1. The Morgan fingerprint density at radius 1 is 1.50 bits per heavy atom. The molecule has 0 atom stereocenters. The van der Waals surface area contributed by atoms with Crippen LogP contribution in [0.5, 0.6) is 5.75 Å². The zero-order valence-corrected chi connectivity index (χ0v) is 12.2. The highest BCUT2D eigenvalue weighted by atomic mass is 35.5. The van der Waals surface area contributed by atoms with E-state index >= 15 is 0 Å². The van der Waals surface area contributed by atoms with E-state index in [1.165, 1.54) is 0 Å². The topological polar surface area (TPSA) is 47.6 Å². The summed E-state index contributed by atoms with van der Waals surface area (Å²) in [5, 5.41) is 3.46. The zero-order chi connectivity index (χ0) is 14.2. The minimum absolute atomic E-state index is 0.0191. The number of amides is 1. The van der Waals surface area contributed by atoms with Gasteiger partial charge in [0, 0.05) is 16.9 Å². The van der Waals surface area contributed by atoms with E-state index in [1.54, 1.807) is 25.3 Å². The van der Waals surface area contributed by atoms with Crippen molar-refractivity contribution >= 4 is 23.2 Å². The molecule has 2 aliphatic rings. The van der Waals surface area contributed by atoms with Gasteiger partial charge in [0.15, 0.2) is 0 Å². The molecule has 1 N–H and O–H groups in total. The zero-order valence-electron chi connectivity index (χ0n) is 11.4. The number of methoxy groups -OCH3 is 1. The highest BCUT2D eigenvalue weighted by molar-refractivity contribution is 6.31. The third kappa shape index (κ3) is 2.63. The Hall–Kier alpha value is -1.26. The first-order valence-electron chi connectivity index (χ1n) is 6.81. The van der Waals surface area contributed by atoms with Crippen molar-refractivity contribution < 1.29 is 14.3 Å². The Labute approximate surface area is 123 Å². The van der Waals surface area contributed by atoms with Crippen LogP contribution in [0.2, 0.25) is 5.02 Å². The normalized spacial score (nSPS) is 20.1. The van der Waals surface area contributed by atoms with Gasteiger partial charge in [0.1, 0.15) is 5.75 Å². The molecule has 0 radical (unpaired) electrons. The number of rotatable bonds is 4. The molecule has 5 heteroatoms. The first-order chi connectivity index (χ1) is 9.60. The van der Waals surface area contributed by atoms with Gasteiger partial charge in [0.25, 0.3) is 0 Å². The molecule has 108 valence electrons.